The normalized spacial score (nSPS) is 29.4. The fourth-order valence-corrected chi connectivity index (χ4v) is 4.76. The molecular formula is C20H35N3O3. The van der Waals surface area contributed by atoms with E-state index < -0.39 is 5.97 Å². The molecule has 26 heavy (non-hydrogen) atoms. The Hall–Kier alpha value is -1.14. The first kappa shape index (κ1) is 19.6. The van der Waals surface area contributed by atoms with Gasteiger partial charge in [0.15, 0.2) is 0 Å². The van der Waals surface area contributed by atoms with Crippen LogP contribution in [0.1, 0.15) is 57.8 Å². The number of carboxylic acid groups (broad SMARTS) is 1. The monoisotopic (exact) mass is 365 g/mol. The quantitative estimate of drug-likeness (QED) is 0.669. The fourth-order valence-electron chi connectivity index (χ4n) is 4.76. The Kier molecular flexibility index (Phi) is 7.32. The van der Waals surface area contributed by atoms with Gasteiger partial charge in [0.05, 0.1) is 5.92 Å². The molecule has 0 spiro atoms. The van der Waals surface area contributed by atoms with Crippen LogP contribution in [0.4, 0.5) is 0 Å². The van der Waals surface area contributed by atoms with E-state index in [9.17, 15) is 9.59 Å². The molecule has 0 atom stereocenters. The van der Waals surface area contributed by atoms with E-state index in [-0.39, 0.29) is 17.7 Å². The molecule has 3 N–H and O–H groups in total. The van der Waals surface area contributed by atoms with E-state index >= 15 is 0 Å². The average molecular weight is 366 g/mol. The second-order valence-electron chi connectivity index (χ2n) is 8.49. The number of nitrogens with zero attached hydrogens (tertiary/aromatic N) is 1. The van der Waals surface area contributed by atoms with Crippen LogP contribution < -0.4 is 10.6 Å². The maximum absolute atomic E-state index is 12.5. The second-order valence-corrected chi connectivity index (χ2v) is 8.49. The van der Waals surface area contributed by atoms with Gasteiger partial charge in [-0.15, -0.1) is 0 Å². The van der Waals surface area contributed by atoms with Gasteiger partial charge in [-0.3, -0.25) is 9.59 Å². The standard InChI is InChI=1S/C20H35N3O3/c24-19(16-1-3-17(4-2-16)20(25)26)22-18-8-13-23(14-9-18)12-7-15-5-10-21-11-6-15/h15-18,21H,1-14H2,(H,22,24)(H,25,26)/t16-,17-. The Labute approximate surface area is 157 Å². The lowest BCUT2D eigenvalue weighted by atomic mass is 9.81. The van der Waals surface area contributed by atoms with Crippen molar-refractivity contribution in [3.63, 3.8) is 0 Å². The van der Waals surface area contributed by atoms with Gasteiger partial charge in [-0.05, 0) is 83.3 Å². The molecule has 3 rings (SSSR count). The molecule has 1 saturated carbocycles. The van der Waals surface area contributed by atoms with Gasteiger partial charge in [0.1, 0.15) is 0 Å². The van der Waals surface area contributed by atoms with Gasteiger partial charge in [0, 0.05) is 25.0 Å². The van der Waals surface area contributed by atoms with Crippen molar-refractivity contribution in [1.29, 1.82) is 0 Å². The molecule has 0 radical (unpaired) electrons. The topological polar surface area (TPSA) is 81.7 Å². The van der Waals surface area contributed by atoms with Crippen LogP contribution in [0.2, 0.25) is 0 Å². The molecule has 0 aromatic carbocycles. The minimum absolute atomic E-state index is 0.0172. The van der Waals surface area contributed by atoms with Crippen LogP contribution in [0.3, 0.4) is 0 Å². The number of aliphatic carboxylic acids is 1. The average Bonchev–Trinajstić information content (AvgIpc) is 2.68. The fraction of sp³-hybridized carbons (Fsp3) is 0.900. The van der Waals surface area contributed by atoms with Crippen molar-refractivity contribution in [1.82, 2.24) is 15.5 Å². The van der Waals surface area contributed by atoms with Crippen molar-refractivity contribution in [3.05, 3.63) is 0 Å². The highest BCUT2D eigenvalue weighted by Crippen LogP contribution is 2.29. The summed E-state index contributed by atoms with van der Waals surface area (Å²) < 4.78 is 0. The van der Waals surface area contributed by atoms with Crippen LogP contribution >= 0.6 is 0 Å². The molecule has 0 aromatic rings. The smallest absolute Gasteiger partial charge is 0.306 e. The number of amides is 1. The molecule has 0 aromatic heterocycles. The first-order valence-electron chi connectivity index (χ1n) is 10.6. The number of nitrogens with one attached hydrogen (secondary N) is 2. The van der Waals surface area contributed by atoms with Crippen LogP contribution in [0.5, 0.6) is 0 Å². The van der Waals surface area contributed by atoms with Gasteiger partial charge in [0.25, 0.3) is 0 Å². The Balaban J connectivity index is 1.31. The van der Waals surface area contributed by atoms with Crippen molar-refractivity contribution in [3.8, 4) is 0 Å². The van der Waals surface area contributed by atoms with Gasteiger partial charge >= 0.3 is 5.97 Å². The SMILES string of the molecule is O=C(O)[C@H]1CC[C@H](C(=O)NC2CCN(CCC3CCNCC3)CC2)CC1. The molecule has 1 aliphatic carbocycles. The largest absolute Gasteiger partial charge is 0.481 e. The van der Waals surface area contributed by atoms with E-state index in [0.717, 1.165) is 44.7 Å². The van der Waals surface area contributed by atoms with E-state index in [4.69, 9.17) is 5.11 Å². The predicted molar refractivity (Wildman–Crippen MR) is 101 cm³/mol. The van der Waals surface area contributed by atoms with Gasteiger partial charge in [-0.25, -0.2) is 0 Å². The molecular weight excluding hydrogens is 330 g/mol. The van der Waals surface area contributed by atoms with Crippen molar-refractivity contribution in [2.45, 2.75) is 63.8 Å². The van der Waals surface area contributed by atoms with Crippen molar-refractivity contribution < 1.29 is 14.7 Å². The van der Waals surface area contributed by atoms with Crippen LogP contribution in [-0.4, -0.2) is 60.6 Å². The van der Waals surface area contributed by atoms with E-state index in [1.54, 1.807) is 0 Å². The first-order valence-corrected chi connectivity index (χ1v) is 10.6. The van der Waals surface area contributed by atoms with Crippen molar-refractivity contribution >= 4 is 11.9 Å². The van der Waals surface area contributed by atoms with Gasteiger partial charge < -0.3 is 20.6 Å². The highest BCUT2D eigenvalue weighted by Gasteiger charge is 2.31. The Morgan fingerprint density at radius 2 is 1.54 bits per heavy atom. The zero-order valence-corrected chi connectivity index (χ0v) is 15.9. The highest BCUT2D eigenvalue weighted by molar-refractivity contribution is 5.79. The molecule has 3 fully saturated rings. The maximum atomic E-state index is 12.5. The van der Waals surface area contributed by atoms with Crippen LogP contribution in [-0.2, 0) is 9.59 Å². The number of carboxylic acids is 1. The molecule has 148 valence electrons. The number of carbonyl (C=O) groups is 2. The number of hydrogen-bond donors (Lipinski definition) is 3. The third-order valence-electron chi connectivity index (χ3n) is 6.69. The third-order valence-corrected chi connectivity index (χ3v) is 6.69. The van der Waals surface area contributed by atoms with Crippen molar-refractivity contribution in [2.75, 3.05) is 32.7 Å². The summed E-state index contributed by atoms with van der Waals surface area (Å²) in [6.07, 6.45) is 8.75. The lowest BCUT2D eigenvalue weighted by Gasteiger charge is -2.35. The van der Waals surface area contributed by atoms with Gasteiger partial charge in [0.2, 0.25) is 5.91 Å². The summed E-state index contributed by atoms with van der Waals surface area (Å²) in [5.41, 5.74) is 0. The van der Waals surface area contributed by atoms with Crippen molar-refractivity contribution in [2.24, 2.45) is 17.8 Å². The van der Waals surface area contributed by atoms with E-state index in [0.29, 0.717) is 18.9 Å². The number of piperidine rings is 2. The Bertz CT molecular complexity index is 463. The molecule has 2 saturated heterocycles. The number of hydrogen-bond acceptors (Lipinski definition) is 4. The predicted octanol–water partition coefficient (Wildman–Crippen LogP) is 1.85. The summed E-state index contributed by atoms with van der Waals surface area (Å²) >= 11 is 0. The molecule has 0 bridgehead atoms. The lowest BCUT2D eigenvalue weighted by molar-refractivity contribution is -0.144. The minimum atomic E-state index is -0.708. The number of likely N-dealkylation sites (tertiary alicyclic amines) is 1. The number of carbonyl (C=O) groups excluding carboxylic acids is 1. The van der Waals surface area contributed by atoms with Crippen LogP contribution in [0.25, 0.3) is 0 Å². The van der Waals surface area contributed by atoms with Crippen LogP contribution in [0.15, 0.2) is 0 Å². The summed E-state index contributed by atoms with van der Waals surface area (Å²) in [5, 5.41) is 15.7. The van der Waals surface area contributed by atoms with Gasteiger partial charge in [-0.1, -0.05) is 0 Å². The molecule has 2 heterocycles. The summed E-state index contributed by atoms with van der Waals surface area (Å²) in [4.78, 5) is 26.1. The molecule has 0 unspecified atom stereocenters. The van der Waals surface area contributed by atoms with E-state index in [2.05, 4.69) is 15.5 Å². The molecule has 6 heteroatoms. The highest BCUT2D eigenvalue weighted by atomic mass is 16.4. The zero-order valence-electron chi connectivity index (χ0n) is 15.9. The number of rotatable bonds is 6. The minimum Gasteiger partial charge on any atom is -0.481 e. The summed E-state index contributed by atoms with van der Waals surface area (Å²) in [6, 6.07) is 0.301. The first-order chi connectivity index (χ1) is 12.6. The van der Waals surface area contributed by atoms with E-state index in [1.165, 1.54) is 38.9 Å². The molecule has 2 aliphatic heterocycles. The van der Waals surface area contributed by atoms with E-state index in [1.807, 2.05) is 0 Å². The molecule has 1 amide bonds. The summed E-state index contributed by atoms with van der Waals surface area (Å²) in [5.74, 6) is 0.100. The lowest BCUT2D eigenvalue weighted by Crippen LogP contribution is -2.47. The third kappa shape index (κ3) is 5.68. The summed E-state index contributed by atoms with van der Waals surface area (Å²) in [7, 11) is 0. The second kappa shape index (κ2) is 9.70. The van der Waals surface area contributed by atoms with Crippen LogP contribution in [0, 0.1) is 17.8 Å². The zero-order chi connectivity index (χ0) is 18.4. The summed E-state index contributed by atoms with van der Waals surface area (Å²) in [6.45, 7) is 5.72. The molecule has 6 nitrogen and oxygen atoms in total. The maximum Gasteiger partial charge on any atom is 0.306 e. The van der Waals surface area contributed by atoms with Gasteiger partial charge in [-0.2, -0.15) is 0 Å². The Morgan fingerprint density at radius 1 is 0.923 bits per heavy atom. The Morgan fingerprint density at radius 3 is 2.15 bits per heavy atom. The molecule has 3 aliphatic rings.